The Balaban J connectivity index is 1.98. The SMILES string of the molecule is Fc1ccc(CNCc2ccccc2OC(F)(F)F)cc1Cl. The predicted molar refractivity (Wildman–Crippen MR) is 75.1 cm³/mol. The van der Waals surface area contributed by atoms with Crippen molar-refractivity contribution in [1.29, 1.82) is 0 Å². The maximum atomic E-state index is 13.0. The number of nitrogens with one attached hydrogen (secondary N) is 1. The van der Waals surface area contributed by atoms with Crippen molar-refractivity contribution in [2.24, 2.45) is 0 Å². The standard InChI is InChI=1S/C15H12ClF4NO/c16-12-7-10(5-6-13(12)17)8-21-9-11-3-1-2-4-14(11)22-15(18,19)20/h1-7,21H,8-9H2. The number of rotatable bonds is 5. The Kier molecular flexibility index (Phi) is 5.26. The van der Waals surface area contributed by atoms with Crippen molar-refractivity contribution in [3.05, 3.63) is 64.4 Å². The lowest BCUT2D eigenvalue weighted by atomic mass is 10.2. The number of ether oxygens (including phenoxy) is 1. The lowest BCUT2D eigenvalue weighted by molar-refractivity contribution is -0.274. The van der Waals surface area contributed by atoms with Crippen molar-refractivity contribution in [2.75, 3.05) is 0 Å². The third-order valence-electron chi connectivity index (χ3n) is 2.83. The number of halogens is 5. The molecule has 1 N–H and O–H groups in total. The van der Waals surface area contributed by atoms with Crippen LogP contribution in [0.5, 0.6) is 5.75 Å². The molecule has 7 heteroatoms. The maximum absolute atomic E-state index is 13.0. The first-order valence-electron chi connectivity index (χ1n) is 6.33. The van der Waals surface area contributed by atoms with E-state index in [1.54, 1.807) is 12.1 Å². The second kappa shape index (κ2) is 6.98. The van der Waals surface area contributed by atoms with Gasteiger partial charge in [-0.25, -0.2) is 4.39 Å². The Morgan fingerprint density at radius 1 is 1.05 bits per heavy atom. The summed E-state index contributed by atoms with van der Waals surface area (Å²) in [6, 6.07) is 10.1. The predicted octanol–water partition coefficient (Wildman–Crippen LogP) is 4.67. The maximum Gasteiger partial charge on any atom is 0.573 e. The number of alkyl halides is 3. The Morgan fingerprint density at radius 3 is 2.45 bits per heavy atom. The Bertz CT molecular complexity index is 646. The van der Waals surface area contributed by atoms with Crippen LogP contribution in [0, 0.1) is 5.82 Å². The van der Waals surface area contributed by atoms with Gasteiger partial charge in [0.25, 0.3) is 0 Å². The van der Waals surface area contributed by atoms with Crippen LogP contribution in [0.25, 0.3) is 0 Å². The zero-order chi connectivity index (χ0) is 16.2. The minimum absolute atomic E-state index is 0.0000971. The fourth-order valence-electron chi connectivity index (χ4n) is 1.87. The molecule has 0 heterocycles. The van der Waals surface area contributed by atoms with E-state index in [1.807, 2.05) is 0 Å². The fourth-order valence-corrected chi connectivity index (χ4v) is 2.07. The molecule has 0 unspecified atom stereocenters. The molecule has 0 fully saturated rings. The van der Waals surface area contributed by atoms with Gasteiger partial charge in [-0.05, 0) is 23.8 Å². The van der Waals surface area contributed by atoms with Gasteiger partial charge in [0.2, 0.25) is 0 Å². The second-order valence-electron chi connectivity index (χ2n) is 4.51. The number of hydrogen-bond donors (Lipinski definition) is 1. The van der Waals surface area contributed by atoms with E-state index < -0.39 is 12.2 Å². The van der Waals surface area contributed by atoms with Gasteiger partial charge in [-0.1, -0.05) is 35.9 Å². The van der Waals surface area contributed by atoms with Crippen LogP contribution < -0.4 is 10.1 Å². The van der Waals surface area contributed by atoms with Crippen LogP contribution in [0.2, 0.25) is 5.02 Å². The molecule has 2 aromatic carbocycles. The monoisotopic (exact) mass is 333 g/mol. The molecule has 0 aliphatic heterocycles. The summed E-state index contributed by atoms with van der Waals surface area (Å²) in [6.07, 6.45) is -4.74. The van der Waals surface area contributed by atoms with Crippen molar-refractivity contribution in [3.8, 4) is 5.75 Å². The third kappa shape index (κ3) is 4.89. The van der Waals surface area contributed by atoms with Gasteiger partial charge in [-0.2, -0.15) is 0 Å². The highest BCUT2D eigenvalue weighted by Gasteiger charge is 2.31. The lowest BCUT2D eigenvalue weighted by Crippen LogP contribution is -2.20. The normalized spacial score (nSPS) is 11.5. The molecule has 0 aliphatic carbocycles. The number of benzene rings is 2. The van der Waals surface area contributed by atoms with Crippen molar-refractivity contribution >= 4 is 11.6 Å². The van der Waals surface area contributed by atoms with E-state index in [-0.39, 0.29) is 17.3 Å². The van der Waals surface area contributed by atoms with E-state index in [0.29, 0.717) is 12.1 Å². The van der Waals surface area contributed by atoms with Gasteiger partial charge < -0.3 is 10.1 Å². The van der Waals surface area contributed by atoms with Crippen molar-refractivity contribution < 1.29 is 22.3 Å². The van der Waals surface area contributed by atoms with Crippen LogP contribution in [-0.2, 0) is 13.1 Å². The molecule has 0 saturated heterocycles. The van der Waals surface area contributed by atoms with Gasteiger partial charge in [0, 0.05) is 18.7 Å². The summed E-state index contributed by atoms with van der Waals surface area (Å²) in [7, 11) is 0. The molecular weight excluding hydrogens is 322 g/mol. The molecule has 0 spiro atoms. The van der Waals surface area contributed by atoms with Crippen molar-refractivity contribution in [1.82, 2.24) is 5.32 Å². The Hall–Kier alpha value is -1.79. The van der Waals surface area contributed by atoms with Crippen molar-refractivity contribution in [2.45, 2.75) is 19.5 Å². The Labute approximate surface area is 129 Å². The van der Waals surface area contributed by atoms with E-state index in [4.69, 9.17) is 11.6 Å². The van der Waals surface area contributed by atoms with Gasteiger partial charge in [0.15, 0.2) is 0 Å². The smallest absolute Gasteiger partial charge is 0.405 e. The molecule has 118 valence electrons. The van der Waals surface area contributed by atoms with Gasteiger partial charge >= 0.3 is 6.36 Å². The molecule has 22 heavy (non-hydrogen) atoms. The van der Waals surface area contributed by atoms with Gasteiger partial charge in [-0.3, -0.25) is 0 Å². The molecule has 0 bridgehead atoms. The minimum atomic E-state index is -4.74. The molecule has 0 aromatic heterocycles. The van der Waals surface area contributed by atoms with E-state index in [9.17, 15) is 17.6 Å². The molecular formula is C15H12ClF4NO. The third-order valence-corrected chi connectivity index (χ3v) is 3.12. The molecule has 0 saturated carbocycles. The van der Waals surface area contributed by atoms with E-state index in [0.717, 1.165) is 5.56 Å². The first-order valence-corrected chi connectivity index (χ1v) is 6.71. The highest BCUT2D eigenvalue weighted by atomic mass is 35.5. The van der Waals surface area contributed by atoms with E-state index in [1.165, 1.54) is 30.3 Å². The van der Waals surface area contributed by atoms with Crippen LogP contribution in [-0.4, -0.2) is 6.36 Å². The first-order chi connectivity index (χ1) is 10.3. The molecule has 2 nitrogen and oxygen atoms in total. The summed E-state index contributed by atoms with van der Waals surface area (Å²) in [5.74, 6) is -0.769. The topological polar surface area (TPSA) is 21.3 Å². The van der Waals surface area contributed by atoms with E-state index in [2.05, 4.69) is 10.1 Å². The van der Waals surface area contributed by atoms with Crippen LogP contribution >= 0.6 is 11.6 Å². The Morgan fingerprint density at radius 2 is 1.77 bits per heavy atom. The van der Waals surface area contributed by atoms with Crippen LogP contribution in [0.15, 0.2) is 42.5 Å². The molecule has 2 rings (SSSR count). The highest BCUT2D eigenvalue weighted by molar-refractivity contribution is 6.30. The average Bonchev–Trinajstić information content (AvgIpc) is 2.43. The quantitative estimate of drug-likeness (QED) is 0.803. The summed E-state index contributed by atoms with van der Waals surface area (Å²) in [5.41, 5.74) is 1.09. The largest absolute Gasteiger partial charge is 0.573 e. The zero-order valence-corrected chi connectivity index (χ0v) is 12.0. The lowest BCUT2D eigenvalue weighted by Gasteiger charge is -2.13. The van der Waals surface area contributed by atoms with Gasteiger partial charge in [0.05, 0.1) is 5.02 Å². The van der Waals surface area contributed by atoms with E-state index >= 15 is 0 Å². The fraction of sp³-hybridized carbons (Fsp3) is 0.200. The summed E-state index contributed by atoms with van der Waals surface area (Å²) < 4.78 is 53.9. The molecule has 0 radical (unpaired) electrons. The second-order valence-corrected chi connectivity index (χ2v) is 4.91. The number of hydrogen-bond acceptors (Lipinski definition) is 2. The van der Waals surface area contributed by atoms with Crippen LogP contribution in [0.4, 0.5) is 17.6 Å². The first kappa shape index (κ1) is 16.6. The number of para-hydroxylation sites is 1. The highest BCUT2D eigenvalue weighted by Crippen LogP contribution is 2.26. The molecule has 0 amide bonds. The molecule has 0 aliphatic rings. The van der Waals surface area contributed by atoms with Crippen LogP contribution in [0.1, 0.15) is 11.1 Å². The summed E-state index contributed by atoms with van der Waals surface area (Å²) in [4.78, 5) is 0. The summed E-state index contributed by atoms with van der Waals surface area (Å²) in [6.45, 7) is 0.502. The summed E-state index contributed by atoms with van der Waals surface area (Å²) >= 11 is 5.66. The minimum Gasteiger partial charge on any atom is -0.405 e. The van der Waals surface area contributed by atoms with Gasteiger partial charge in [-0.15, -0.1) is 13.2 Å². The van der Waals surface area contributed by atoms with Gasteiger partial charge in [0.1, 0.15) is 11.6 Å². The van der Waals surface area contributed by atoms with Crippen molar-refractivity contribution in [3.63, 3.8) is 0 Å². The zero-order valence-electron chi connectivity index (χ0n) is 11.3. The van der Waals surface area contributed by atoms with Crippen LogP contribution in [0.3, 0.4) is 0 Å². The molecule has 2 aromatic rings. The average molecular weight is 334 g/mol. The molecule has 0 atom stereocenters. The summed E-state index contributed by atoms with van der Waals surface area (Å²) in [5, 5.41) is 2.96.